The summed E-state index contributed by atoms with van der Waals surface area (Å²) in [6.45, 7) is 0. The molecule has 164 valence electrons. The van der Waals surface area contributed by atoms with E-state index in [-0.39, 0.29) is 5.90 Å². The van der Waals surface area contributed by atoms with Gasteiger partial charge in [0, 0.05) is 16.7 Å². The first-order valence-corrected chi connectivity index (χ1v) is 12.1. The van der Waals surface area contributed by atoms with Crippen LogP contribution in [-0.4, -0.2) is 9.69 Å². The lowest BCUT2D eigenvalue weighted by molar-refractivity contribution is 0.158. The Morgan fingerprint density at radius 1 is 0.559 bits per heavy atom. The Morgan fingerprint density at radius 3 is 1.44 bits per heavy atom. The highest BCUT2D eigenvalue weighted by atomic mass is 35.6. The molecule has 5 heteroatoms. The lowest BCUT2D eigenvalue weighted by Gasteiger charge is -2.29. The van der Waals surface area contributed by atoms with E-state index in [1.807, 2.05) is 36.4 Å². The summed E-state index contributed by atoms with van der Waals surface area (Å²) in [6.07, 6.45) is 0. The van der Waals surface area contributed by atoms with Crippen LogP contribution in [0.5, 0.6) is 0 Å². The van der Waals surface area contributed by atoms with E-state index in [9.17, 15) is 0 Å². The highest BCUT2D eigenvalue weighted by Gasteiger charge is 2.57. The van der Waals surface area contributed by atoms with Gasteiger partial charge in [0.05, 0.1) is 0 Å². The summed E-state index contributed by atoms with van der Waals surface area (Å²) >= 11 is 19.1. The van der Waals surface area contributed by atoms with Crippen LogP contribution in [0, 0.1) is 0 Å². The molecule has 0 N–H and O–H groups in total. The van der Waals surface area contributed by atoms with E-state index in [0.717, 1.165) is 55.8 Å². The Balaban J connectivity index is 1.66. The molecular weight excluding hydrogens is 485 g/mol. The largest absolute Gasteiger partial charge is 0.454 e. The van der Waals surface area contributed by atoms with Crippen molar-refractivity contribution in [1.82, 2.24) is 0 Å². The Labute approximate surface area is 212 Å². The first kappa shape index (κ1) is 20.3. The second-order valence-corrected chi connectivity index (χ2v) is 10.9. The van der Waals surface area contributed by atoms with Crippen molar-refractivity contribution in [3.63, 3.8) is 0 Å². The number of fused-ring (bicyclic) bond motifs is 8. The zero-order valence-electron chi connectivity index (χ0n) is 17.7. The molecule has 2 nitrogen and oxygen atoms in total. The fraction of sp³-hybridized carbons (Fsp3) is 0.0690. The molecule has 4 aromatic carbocycles. The van der Waals surface area contributed by atoms with Gasteiger partial charge in [0.25, 0.3) is 3.79 Å². The Hall–Kier alpha value is -3.04. The van der Waals surface area contributed by atoms with Gasteiger partial charge in [-0.3, -0.25) is 0 Å². The van der Waals surface area contributed by atoms with Gasteiger partial charge in [-0.2, -0.15) is 0 Å². The minimum Gasteiger partial charge on any atom is -0.454 e. The van der Waals surface area contributed by atoms with E-state index in [1.54, 1.807) is 0 Å². The average Bonchev–Trinajstić information content (AvgIpc) is 3.49. The third kappa shape index (κ3) is 2.56. The molecule has 0 fully saturated rings. The SMILES string of the molecule is ClC(Cl)(Cl)C1=NC(=C2c3ccccc3-c3ccccc32)C2(O1)c1ccccc1-c1ccccc12. The fourth-order valence-electron chi connectivity index (χ4n) is 5.58. The molecule has 0 unspecified atom stereocenters. The van der Waals surface area contributed by atoms with Gasteiger partial charge in [0.1, 0.15) is 5.70 Å². The van der Waals surface area contributed by atoms with Gasteiger partial charge in [-0.25, -0.2) is 4.99 Å². The summed E-state index contributed by atoms with van der Waals surface area (Å²) < 4.78 is 4.87. The number of rotatable bonds is 0. The van der Waals surface area contributed by atoms with Crippen molar-refractivity contribution in [1.29, 1.82) is 0 Å². The van der Waals surface area contributed by atoms with Crippen LogP contribution in [0.2, 0.25) is 0 Å². The maximum Gasteiger partial charge on any atom is 0.266 e. The second-order valence-electron chi connectivity index (χ2n) is 8.60. The molecule has 0 atom stereocenters. The number of benzene rings is 4. The Bertz CT molecular complexity index is 1490. The summed E-state index contributed by atoms with van der Waals surface area (Å²) in [5.41, 5.74) is 9.41. The van der Waals surface area contributed by atoms with Crippen molar-refractivity contribution in [3.05, 3.63) is 125 Å². The van der Waals surface area contributed by atoms with E-state index >= 15 is 0 Å². The monoisotopic (exact) mass is 499 g/mol. The lowest BCUT2D eigenvalue weighted by Crippen LogP contribution is -2.32. The van der Waals surface area contributed by atoms with Gasteiger partial charge in [-0.15, -0.1) is 0 Å². The number of halogens is 3. The van der Waals surface area contributed by atoms with E-state index < -0.39 is 9.39 Å². The summed E-state index contributed by atoms with van der Waals surface area (Å²) in [5.74, 6) is 0.0772. The molecule has 7 rings (SSSR count). The molecule has 0 amide bonds. The van der Waals surface area contributed by atoms with Crippen molar-refractivity contribution in [2.75, 3.05) is 0 Å². The zero-order chi connectivity index (χ0) is 23.1. The van der Waals surface area contributed by atoms with Crippen molar-refractivity contribution in [3.8, 4) is 22.3 Å². The van der Waals surface area contributed by atoms with Gasteiger partial charge in [-0.1, -0.05) is 132 Å². The lowest BCUT2D eigenvalue weighted by atomic mass is 9.84. The van der Waals surface area contributed by atoms with E-state index in [2.05, 4.69) is 60.7 Å². The molecule has 0 saturated heterocycles. The van der Waals surface area contributed by atoms with E-state index in [1.165, 1.54) is 0 Å². The van der Waals surface area contributed by atoms with Crippen LogP contribution in [0.25, 0.3) is 27.8 Å². The summed E-state index contributed by atoms with van der Waals surface area (Å²) in [6, 6.07) is 33.2. The molecule has 0 saturated carbocycles. The second kappa shape index (κ2) is 6.99. The molecule has 4 aromatic rings. The maximum atomic E-state index is 6.68. The summed E-state index contributed by atoms with van der Waals surface area (Å²) in [4.78, 5) is 4.95. The number of hydrogen-bond acceptors (Lipinski definition) is 2. The summed E-state index contributed by atoms with van der Waals surface area (Å²) in [7, 11) is 0. The quantitative estimate of drug-likeness (QED) is 0.197. The van der Waals surface area contributed by atoms with Gasteiger partial charge in [0.2, 0.25) is 11.5 Å². The van der Waals surface area contributed by atoms with Crippen LogP contribution in [0.15, 0.2) is 108 Å². The predicted octanol–water partition coefficient (Wildman–Crippen LogP) is 8.15. The minimum absolute atomic E-state index is 0.0772. The average molecular weight is 501 g/mol. The molecule has 3 aliphatic rings. The van der Waals surface area contributed by atoms with Crippen LogP contribution in [0.3, 0.4) is 0 Å². The topological polar surface area (TPSA) is 21.6 Å². The van der Waals surface area contributed by atoms with Crippen LogP contribution in [0.4, 0.5) is 0 Å². The molecule has 1 heterocycles. The highest BCUT2D eigenvalue weighted by molar-refractivity contribution is 6.76. The van der Waals surface area contributed by atoms with Crippen molar-refractivity contribution >= 4 is 46.3 Å². The highest BCUT2D eigenvalue weighted by Crippen LogP contribution is 2.60. The molecule has 34 heavy (non-hydrogen) atoms. The number of ether oxygens (including phenoxy) is 1. The third-order valence-corrected chi connectivity index (χ3v) is 7.35. The number of nitrogens with zero attached hydrogens (tertiary/aromatic N) is 1. The molecule has 0 radical (unpaired) electrons. The molecule has 1 spiro atoms. The normalized spacial score (nSPS) is 16.6. The third-order valence-electron chi connectivity index (χ3n) is 6.86. The minimum atomic E-state index is -1.81. The molecule has 1 aliphatic heterocycles. The zero-order valence-corrected chi connectivity index (χ0v) is 20.0. The van der Waals surface area contributed by atoms with Crippen LogP contribution < -0.4 is 0 Å². The van der Waals surface area contributed by atoms with Gasteiger partial charge in [-0.05, 0) is 33.4 Å². The molecule has 2 aliphatic carbocycles. The first-order valence-electron chi connectivity index (χ1n) is 11.0. The number of hydrogen-bond donors (Lipinski definition) is 0. The molecular formula is C29H16Cl3NO. The van der Waals surface area contributed by atoms with Crippen LogP contribution >= 0.6 is 34.8 Å². The number of alkyl halides is 3. The summed E-state index contributed by atoms with van der Waals surface area (Å²) in [5, 5.41) is 0. The van der Waals surface area contributed by atoms with Gasteiger partial charge < -0.3 is 4.74 Å². The van der Waals surface area contributed by atoms with E-state index in [0.29, 0.717) is 0 Å². The fourth-order valence-corrected chi connectivity index (χ4v) is 5.82. The number of aliphatic imine (C=N–C) groups is 1. The maximum absolute atomic E-state index is 6.68. The van der Waals surface area contributed by atoms with Gasteiger partial charge >= 0.3 is 0 Å². The molecule has 0 bridgehead atoms. The Kier molecular flexibility index (Phi) is 4.18. The van der Waals surface area contributed by atoms with Crippen LogP contribution in [0.1, 0.15) is 22.3 Å². The van der Waals surface area contributed by atoms with Crippen LogP contribution in [-0.2, 0) is 10.3 Å². The predicted molar refractivity (Wildman–Crippen MR) is 139 cm³/mol. The van der Waals surface area contributed by atoms with Crippen molar-refractivity contribution < 1.29 is 4.74 Å². The van der Waals surface area contributed by atoms with Crippen molar-refractivity contribution in [2.24, 2.45) is 4.99 Å². The molecule has 0 aromatic heterocycles. The first-order chi connectivity index (χ1) is 16.5. The smallest absolute Gasteiger partial charge is 0.266 e. The Morgan fingerprint density at radius 2 is 0.971 bits per heavy atom. The van der Waals surface area contributed by atoms with Gasteiger partial charge in [0.15, 0.2) is 0 Å². The van der Waals surface area contributed by atoms with E-state index in [4.69, 9.17) is 44.5 Å². The standard InChI is InChI=1S/C29H16Cl3NO/c30-29(31,32)27-33-26(25-21-13-3-1-9-17(21)18-10-2-4-14-22(18)25)28(34-27)23-15-7-5-11-19(23)20-12-6-8-16-24(20)28/h1-16H. The van der Waals surface area contributed by atoms with Crippen molar-refractivity contribution in [2.45, 2.75) is 9.39 Å².